The molecule has 0 aliphatic rings. The Morgan fingerprint density at radius 3 is 1.00 bits per heavy atom. The third-order valence-electron chi connectivity index (χ3n) is 3.85. The van der Waals surface area contributed by atoms with Gasteiger partial charge in [0, 0.05) is 0 Å². The maximum atomic E-state index is 3.88. The van der Waals surface area contributed by atoms with Gasteiger partial charge in [0.05, 0.1) is 0 Å². The minimum Gasteiger partial charge on any atom is -0.358 e. The van der Waals surface area contributed by atoms with Gasteiger partial charge in [0.25, 0.3) is 0 Å². The van der Waals surface area contributed by atoms with E-state index < -0.39 is 0 Å². The molecule has 0 saturated carbocycles. The van der Waals surface area contributed by atoms with Crippen molar-refractivity contribution in [1.29, 1.82) is 0 Å². The molecule has 120 valence electrons. The molecule has 0 aromatic carbocycles. The van der Waals surface area contributed by atoms with Crippen LogP contribution in [-0.2, 0) is 26.2 Å². The Kier molecular flexibility index (Phi) is 32.1. The zero-order valence-corrected chi connectivity index (χ0v) is 17.0. The Bertz CT molecular complexity index is 118. The van der Waals surface area contributed by atoms with Crippen LogP contribution in [0.2, 0.25) is 0 Å². The van der Waals surface area contributed by atoms with Crippen molar-refractivity contribution in [3.05, 3.63) is 14.4 Å². The van der Waals surface area contributed by atoms with Crippen LogP contribution in [0.15, 0.2) is 0 Å². The molecule has 20 heavy (non-hydrogen) atoms. The molecule has 0 heterocycles. The number of hydrogen-bond donors (Lipinski definition) is 0. The average Bonchev–Trinajstić information content (AvgIpc) is 2.39. The van der Waals surface area contributed by atoms with Crippen LogP contribution >= 0.6 is 0 Å². The molecule has 0 bridgehead atoms. The van der Waals surface area contributed by atoms with Crippen LogP contribution in [0.25, 0.3) is 0 Å². The Balaban J connectivity index is -0.00000144. The largest absolute Gasteiger partial charge is 2.00 e. The average molecular weight is 360 g/mol. The summed E-state index contributed by atoms with van der Waals surface area (Å²) >= 11 is 0. The van der Waals surface area contributed by atoms with Gasteiger partial charge in [0.1, 0.15) is 0 Å². The monoisotopic (exact) mass is 358 g/mol. The summed E-state index contributed by atoms with van der Waals surface area (Å²) in [5.74, 6) is 0. The van der Waals surface area contributed by atoms with E-state index in [9.17, 15) is 0 Å². The summed E-state index contributed by atoms with van der Waals surface area (Å²) in [6.45, 7) is 6.18. The van der Waals surface area contributed by atoms with Crippen molar-refractivity contribution in [1.82, 2.24) is 0 Å². The third-order valence-corrected chi connectivity index (χ3v) is 3.85. The predicted molar refractivity (Wildman–Crippen MR) is 91.3 cm³/mol. The zero-order chi connectivity index (χ0) is 13.3. The second kappa shape index (κ2) is 24.9. The Labute approximate surface area is 150 Å². The van der Waals surface area contributed by atoms with E-state index in [4.69, 9.17) is 0 Å². The molecule has 0 aromatic rings. The smallest absolute Gasteiger partial charge is 0.358 e. The van der Waals surface area contributed by atoms with Crippen molar-refractivity contribution in [3.8, 4) is 0 Å². The van der Waals surface area contributed by atoms with Gasteiger partial charge in [-0.25, -0.2) is 0 Å². The van der Waals surface area contributed by atoms with E-state index >= 15 is 0 Å². The van der Waals surface area contributed by atoms with Gasteiger partial charge in [-0.15, -0.1) is 0 Å². The molecule has 0 unspecified atom stereocenters. The first-order chi connectivity index (χ1) is 8.91. The Morgan fingerprint density at radius 1 is 0.500 bits per heavy atom. The standard InChI is InChI=1S/C18H37.CH3.Zr/c1-3-5-7-9-11-13-15-17-18-16-14-12-10-8-6-4-2;;/h1,3-18H2,2H3;1H3;/q2*-1;+2. The van der Waals surface area contributed by atoms with E-state index in [0.29, 0.717) is 0 Å². The van der Waals surface area contributed by atoms with Gasteiger partial charge in [0.15, 0.2) is 0 Å². The van der Waals surface area contributed by atoms with Crippen LogP contribution in [0.1, 0.15) is 110 Å². The maximum absolute atomic E-state index is 3.88. The summed E-state index contributed by atoms with van der Waals surface area (Å²) in [5, 5.41) is 0. The quantitative estimate of drug-likeness (QED) is 0.209. The van der Waals surface area contributed by atoms with E-state index in [1.165, 1.54) is 96.3 Å². The first-order valence-electron chi connectivity index (χ1n) is 8.71. The molecule has 0 nitrogen and oxygen atoms in total. The number of unbranched alkanes of at least 4 members (excludes halogenated alkanes) is 15. The van der Waals surface area contributed by atoms with Crippen molar-refractivity contribution in [2.75, 3.05) is 0 Å². The van der Waals surface area contributed by atoms with Gasteiger partial charge in [-0.2, -0.15) is 6.42 Å². The molecule has 0 atom stereocenters. The van der Waals surface area contributed by atoms with Gasteiger partial charge in [-0.1, -0.05) is 103 Å². The van der Waals surface area contributed by atoms with Crippen molar-refractivity contribution in [3.63, 3.8) is 0 Å². The molecule has 0 aliphatic heterocycles. The van der Waals surface area contributed by atoms with Crippen LogP contribution in [0.3, 0.4) is 0 Å². The molecule has 0 amide bonds. The van der Waals surface area contributed by atoms with Gasteiger partial charge >= 0.3 is 26.2 Å². The summed E-state index contributed by atoms with van der Waals surface area (Å²) in [7, 11) is 0. The van der Waals surface area contributed by atoms with Crippen LogP contribution < -0.4 is 0 Å². The predicted octanol–water partition coefficient (Wildman–Crippen LogP) is 7.53. The zero-order valence-electron chi connectivity index (χ0n) is 14.5. The second-order valence-electron chi connectivity index (χ2n) is 5.80. The number of hydrogen-bond acceptors (Lipinski definition) is 0. The summed E-state index contributed by atoms with van der Waals surface area (Å²) < 4.78 is 0. The van der Waals surface area contributed by atoms with E-state index in [-0.39, 0.29) is 33.6 Å². The fourth-order valence-corrected chi connectivity index (χ4v) is 2.55. The molecule has 0 N–H and O–H groups in total. The molecule has 0 saturated heterocycles. The van der Waals surface area contributed by atoms with Crippen LogP contribution in [0.4, 0.5) is 0 Å². The van der Waals surface area contributed by atoms with E-state index in [1.807, 2.05) is 0 Å². The molecular weight excluding hydrogens is 319 g/mol. The molecule has 0 rings (SSSR count). The van der Waals surface area contributed by atoms with E-state index in [1.54, 1.807) is 0 Å². The van der Waals surface area contributed by atoms with Gasteiger partial charge < -0.3 is 14.4 Å². The fraction of sp³-hybridized carbons (Fsp3) is 0.895. The van der Waals surface area contributed by atoms with Crippen LogP contribution in [0, 0.1) is 14.4 Å². The first kappa shape index (κ1) is 25.8. The summed E-state index contributed by atoms with van der Waals surface area (Å²) in [6, 6.07) is 0. The van der Waals surface area contributed by atoms with Gasteiger partial charge in [0.2, 0.25) is 0 Å². The molecular formula is C19H40Zr. The van der Waals surface area contributed by atoms with Crippen molar-refractivity contribution < 1.29 is 26.2 Å². The molecule has 0 spiro atoms. The first-order valence-corrected chi connectivity index (χ1v) is 8.71. The van der Waals surface area contributed by atoms with E-state index in [0.717, 1.165) is 6.42 Å². The summed E-state index contributed by atoms with van der Waals surface area (Å²) in [6.07, 6.45) is 22.8. The van der Waals surface area contributed by atoms with Crippen LogP contribution in [-0.4, -0.2) is 0 Å². The topological polar surface area (TPSA) is 0 Å². The third kappa shape index (κ3) is 23.9. The van der Waals surface area contributed by atoms with E-state index in [2.05, 4.69) is 13.8 Å². The van der Waals surface area contributed by atoms with Crippen molar-refractivity contribution in [2.24, 2.45) is 0 Å². The minimum atomic E-state index is 0. The van der Waals surface area contributed by atoms with Crippen molar-refractivity contribution in [2.45, 2.75) is 110 Å². The minimum absolute atomic E-state index is 0. The van der Waals surface area contributed by atoms with Crippen molar-refractivity contribution >= 4 is 0 Å². The van der Waals surface area contributed by atoms with Crippen LogP contribution in [0.5, 0.6) is 0 Å². The fourth-order valence-electron chi connectivity index (χ4n) is 2.55. The Hall–Kier alpha value is 0.883. The molecule has 0 aromatic heterocycles. The maximum Gasteiger partial charge on any atom is 2.00 e. The normalized spacial score (nSPS) is 9.90. The Morgan fingerprint density at radius 2 is 0.750 bits per heavy atom. The van der Waals surface area contributed by atoms with Gasteiger partial charge in [-0.3, -0.25) is 0 Å². The summed E-state index contributed by atoms with van der Waals surface area (Å²) in [4.78, 5) is 0. The molecule has 0 radical (unpaired) electrons. The summed E-state index contributed by atoms with van der Waals surface area (Å²) in [5.41, 5.74) is 0. The molecule has 1 heteroatoms. The molecule has 0 aliphatic carbocycles. The SMILES string of the molecule is [CH2-]CCCCCCCCCCCCCCCCC.[CH3-].[Zr+2]. The second-order valence-corrected chi connectivity index (χ2v) is 5.80. The molecule has 0 fully saturated rings. The van der Waals surface area contributed by atoms with Gasteiger partial charge in [-0.05, 0) is 0 Å². The number of rotatable bonds is 15.